The number of aliphatic hydroxyl groups is 1. The molecule has 5 aliphatic carbocycles. The van der Waals surface area contributed by atoms with Crippen LogP contribution in [0.15, 0.2) is 12.3 Å². The highest BCUT2D eigenvalue weighted by Gasteiger charge is 2.54. The molecule has 0 radical (unpaired) electrons. The number of allylic oxidation sites excluding steroid dienone is 1. The normalized spacial score (nSPS) is 38.4. The molecular weight excluding hydrogens is 300 g/mol. The molecule has 4 saturated carbocycles. The first-order valence-electron chi connectivity index (χ1n) is 9.21. The number of Topliss-reactive ketones (excluding diaryl/α,β-unsaturated/α-hetero) is 1. The van der Waals surface area contributed by atoms with Gasteiger partial charge in [-0.15, -0.1) is 0 Å². The molecule has 6 rings (SSSR count). The third kappa shape index (κ3) is 2.08. The van der Waals surface area contributed by atoms with Crippen LogP contribution in [0.5, 0.6) is 0 Å². The molecule has 5 aliphatic rings. The smallest absolute Gasteiger partial charge is 0.163 e. The second-order valence-corrected chi connectivity index (χ2v) is 8.43. The summed E-state index contributed by atoms with van der Waals surface area (Å²) in [5.41, 5.74) is 3.41. The van der Waals surface area contributed by atoms with Crippen LogP contribution >= 0.6 is 0 Å². The summed E-state index contributed by atoms with van der Waals surface area (Å²) in [6.45, 7) is 1.62. The van der Waals surface area contributed by atoms with Crippen LogP contribution in [0.25, 0.3) is 6.08 Å². The highest BCUT2D eigenvalue weighted by molar-refractivity contribution is 6.01. The summed E-state index contributed by atoms with van der Waals surface area (Å²) in [6, 6.07) is 0.375. The number of nitrogens with zero attached hydrogens (tertiary/aromatic N) is 1. The SMILES string of the molecule is CC(=O)c1cnc2c(c1NC1C3CC4CC1CC(O)(C4)C3)C=CC2. The minimum atomic E-state index is -0.418. The topological polar surface area (TPSA) is 62.2 Å². The van der Waals surface area contributed by atoms with Gasteiger partial charge in [-0.3, -0.25) is 9.78 Å². The van der Waals surface area contributed by atoms with E-state index >= 15 is 0 Å². The largest absolute Gasteiger partial charge is 0.390 e. The molecule has 1 aromatic rings. The second-order valence-electron chi connectivity index (χ2n) is 8.43. The van der Waals surface area contributed by atoms with Gasteiger partial charge in [0.2, 0.25) is 0 Å². The van der Waals surface area contributed by atoms with Crippen molar-refractivity contribution in [1.29, 1.82) is 0 Å². The van der Waals surface area contributed by atoms with E-state index in [9.17, 15) is 9.90 Å². The predicted octanol–water partition coefficient (Wildman–Crippen LogP) is 3.21. The van der Waals surface area contributed by atoms with Gasteiger partial charge < -0.3 is 10.4 Å². The molecule has 0 saturated heterocycles. The van der Waals surface area contributed by atoms with Gasteiger partial charge in [0.15, 0.2) is 5.78 Å². The zero-order valence-electron chi connectivity index (χ0n) is 14.1. The van der Waals surface area contributed by atoms with Crippen molar-refractivity contribution in [2.45, 2.75) is 57.1 Å². The summed E-state index contributed by atoms with van der Waals surface area (Å²) < 4.78 is 0. The molecule has 4 fully saturated rings. The Kier molecular flexibility index (Phi) is 3.00. The third-order valence-electron chi connectivity index (χ3n) is 6.73. The number of pyridine rings is 1. The summed E-state index contributed by atoms with van der Waals surface area (Å²) in [7, 11) is 0. The molecule has 0 spiro atoms. The molecule has 4 bridgehead atoms. The Morgan fingerprint density at radius 3 is 2.71 bits per heavy atom. The average Bonchev–Trinajstić information content (AvgIpc) is 2.97. The quantitative estimate of drug-likeness (QED) is 0.838. The number of rotatable bonds is 3. The van der Waals surface area contributed by atoms with E-state index in [0.29, 0.717) is 29.4 Å². The van der Waals surface area contributed by atoms with Gasteiger partial charge in [-0.05, 0) is 56.8 Å². The lowest BCUT2D eigenvalue weighted by Gasteiger charge is -2.58. The predicted molar refractivity (Wildman–Crippen MR) is 92.9 cm³/mol. The van der Waals surface area contributed by atoms with E-state index in [1.807, 2.05) is 0 Å². The fourth-order valence-corrected chi connectivity index (χ4v) is 6.00. The fourth-order valence-electron chi connectivity index (χ4n) is 6.00. The minimum Gasteiger partial charge on any atom is -0.390 e. The number of aromatic nitrogens is 1. The number of carbonyl (C=O) groups excluding carboxylic acids is 1. The number of anilines is 1. The number of hydrogen-bond donors (Lipinski definition) is 2. The van der Waals surface area contributed by atoms with Gasteiger partial charge in [0, 0.05) is 24.2 Å². The molecule has 1 heterocycles. The fraction of sp³-hybridized carbons (Fsp3) is 0.600. The van der Waals surface area contributed by atoms with Crippen LogP contribution in [0.2, 0.25) is 0 Å². The number of carbonyl (C=O) groups is 1. The Hall–Kier alpha value is -1.68. The maximum Gasteiger partial charge on any atom is 0.163 e. The Morgan fingerprint density at radius 2 is 2.04 bits per heavy atom. The summed E-state index contributed by atoms with van der Waals surface area (Å²) in [6.07, 6.45) is 12.1. The maximum atomic E-state index is 12.1. The molecule has 2 N–H and O–H groups in total. The average molecular weight is 324 g/mol. The van der Waals surface area contributed by atoms with Crippen molar-refractivity contribution in [1.82, 2.24) is 4.98 Å². The van der Waals surface area contributed by atoms with Crippen LogP contribution in [0.3, 0.4) is 0 Å². The van der Waals surface area contributed by atoms with Gasteiger partial charge in [0.25, 0.3) is 0 Å². The van der Waals surface area contributed by atoms with Gasteiger partial charge in [-0.2, -0.15) is 0 Å². The first-order chi connectivity index (χ1) is 11.5. The van der Waals surface area contributed by atoms with Crippen LogP contribution in [0.4, 0.5) is 5.69 Å². The highest BCUT2D eigenvalue weighted by Crippen LogP contribution is 2.56. The standard InChI is InChI=1S/C20H24N2O2/c1-11(23)16-10-21-17-4-2-3-15(17)19(16)22-18-13-5-12-6-14(18)9-20(24,7-12)8-13/h2-3,10,12-14,18,24H,4-9H2,1H3,(H,21,22). The molecule has 1 aromatic heterocycles. The van der Waals surface area contributed by atoms with E-state index in [-0.39, 0.29) is 5.78 Å². The van der Waals surface area contributed by atoms with Gasteiger partial charge in [0.05, 0.1) is 22.5 Å². The van der Waals surface area contributed by atoms with E-state index in [0.717, 1.165) is 42.6 Å². The van der Waals surface area contributed by atoms with Crippen LogP contribution in [-0.4, -0.2) is 27.5 Å². The molecule has 2 unspecified atom stereocenters. The van der Waals surface area contributed by atoms with E-state index in [2.05, 4.69) is 22.5 Å². The van der Waals surface area contributed by atoms with Crippen molar-refractivity contribution in [2.75, 3.05) is 5.32 Å². The number of ketones is 1. The second kappa shape index (κ2) is 4.92. The van der Waals surface area contributed by atoms with Crippen LogP contribution < -0.4 is 5.32 Å². The number of fused-ring (bicyclic) bond motifs is 1. The Morgan fingerprint density at radius 1 is 1.29 bits per heavy atom. The van der Waals surface area contributed by atoms with Gasteiger partial charge >= 0.3 is 0 Å². The lowest BCUT2D eigenvalue weighted by molar-refractivity contribution is -0.129. The molecule has 2 atom stereocenters. The van der Waals surface area contributed by atoms with E-state index in [1.54, 1.807) is 13.1 Å². The lowest BCUT2D eigenvalue weighted by Crippen LogP contribution is -2.59. The molecule has 4 heteroatoms. The molecule has 4 nitrogen and oxygen atoms in total. The van der Waals surface area contributed by atoms with Crippen molar-refractivity contribution in [2.24, 2.45) is 17.8 Å². The van der Waals surface area contributed by atoms with E-state index < -0.39 is 5.60 Å². The molecule has 24 heavy (non-hydrogen) atoms. The van der Waals surface area contributed by atoms with Crippen molar-refractivity contribution in [3.63, 3.8) is 0 Å². The zero-order valence-corrected chi connectivity index (χ0v) is 14.1. The number of nitrogens with one attached hydrogen (secondary N) is 1. The molecule has 0 amide bonds. The summed E-state index contributed by atoms with van der Waals surface area (Å²) in [4.78, 5) is 16.6. The van der Waals surface area contributed by atoms with Crippen LogP contribution in [0.1, 0.15) is 60.6 Å². The summed E-state index contributed by atoms with van der Waals surface area (Å²) in [5, 5.41) is 14.5. The van der Waals surface area contributed by atoms with Gasteiger partial charge in [-0.1, -0.05) is 12.2 Å². The zero-order chi connectivity index (χ0) is 16.5. The van der Waals surface area contributed by atoms with Crippen molar-refractivity contribution in [3.8, 4) is 0 Å². The van der Waals surface area contributed by atoms with E-state index in [4.69, 9.17) is 0 Å². The Labute approximate surface area is 142 Å². The van der Waals surface area contributed by atoms with Crippen LogP contribution in [0, 0.1) is 17.8 Å². The Balaban J connectivity index is 1.52. The lowest BCUT2D eigenvalue weighted by atomic mass is 9.52. The van der Waals surface area contributed by atoms with Crippen molar-refractivity contribution < 1.29 is 9.90 Å². The van der Waals surface area contributed by atoms with Crippen molar-refractivity contribution >= 4 is 17.5 Å². The maximum absolute atomic E-state index is 12.1. The third-order valence-corrected chi connectivity index (χ3v) is 6.73. The molecular formula is C20H24N2O2. The van der Waals surface area contributed by atoms with E-state index in [1.165, 1.54) is 12.8 Å². The first-order valence-corrected chi connectivity index (χ1v) is 9.21. The highest BCUT2D eigenvalue weighted by atomic mass is 16.3. The first kappa shape index (κ1) is 14.6. The van der Waals surface area contributed by atoms with Gasteiger partial charge in [-0.25, -0.2) is 0 Å². The van der Waals surface area contributed by atoms with Crippen molar-refractivity contribution in [3.05, 3.63) is 29.1 Å². The summed E-state index contributed by atoms with van der Waals surface area (Å²) >= 11 is 0. The molecule has 126 valence electrons. The Bertz CT molecular complexity index is 738. The monoisotopic (exact) mass is 324 g/mol. The summed E-state index contributed by atoms with van der Waals surface area (Å²) in [5.74, 6) is 1.81. The van der Waals surface area contributed by atoms with Gasteiger partial charge in [0.1, 0.15) is 0 Å². The minimum absolute atomic E-state index is 0.0653. The number of hydrogen-bond acceptors (Lipinski definition) is 4. The molecule has 0 aromatic carbocycles. The molecule has 0 aliphatic heterocycles. The van der Waals surface area contributed by atoms with Crippen LogP contribution in [-0.2, 0) is 6.42 Å².